The first-order chi connectivity index (χ1) is 12.1. The van der Waals surface area contributed by atoms with Gasteiger partial charge in [-0.05, 0) is 35.3 Å². The van der Waals surface area contributed by atoms with Crippen molar-refractivity contribution in [2.75, 3.05) is 33.7 Å². The van der Waals surface area contributed by atoms with E-state index in [1.54, 1.807) is 11.3 Å². The molecule has 25 heavy (non-hydrogen) atoms. The fraction of sp³-hybridized carbons (Fsp3) is 0.316. The van der Waals surface area contributed by atoms with Gasteiger partial charge in [0.05, 0.1) is 27.2 Å². The molecule has 0 unspecified atom stereocenters. The van der Waals surface area contributed by atoms with E-state index in [0.717, 1.165) is 24.7 Å². The number of quaternary nitrogens is 1. The number of hydrogen-bond acceptors (Lipinski definition) is 2. The van der Waals surface area contributed by atoms with Crippen LogP contribution in [0.3, 0.4) is 0 Å². The molecule has 3 aromatic rings. The maximum Gasteiger partial charge on any atom is 0.166 e. The molecule has 0 bridgehead atoms. The summed E-state index contributed by atoms with van der Waals surface area (Å²) in [5, 5.41) is 10.8. The van der Waals surface area contributed by atoms with Gasteiger partial charge in [0.25, 0.3) is 0 Å². The topological polar surface area (TPSA) is 44.3 Å². The van der Waals surface area contributed by atoms with E-state index in [0.29, 0.717) is 0 Å². The Morgan fingerprint density at radius 1 is 1.20 bits per heavy atom. The number of hydrogen-bond donors (Lipinski definition) is 4. The zero-order valence-electron chi connectivity index (χ0n) is 14.6. The van der Waals surface area contributed by atoms with Crippen molar-refractivity contribution >= 4 is 39.6 Å². The molecular formula is C19H25N4S2+. The zero-order chi connectivity index (χ0) is 17.6. The number of nitrogens with one attached hydrogen (secondary N) is 4. The van der Waals surface area contributed by atoms with E-state index in [-0.39, 0.29) is 5.92 Å². The van der Waals surface area contributed by atoms with E-state index in [4.69, 9.17) is 12.2 Å². The highest BCUT2D eigenvalue weighted by Crippen LogP contribution is 2.32. The quantitative estimate of drug-likeness (QED) is 0.479. The van der Waals surface area contributed by atoms with Crippen molar-refractivity contribution in [1.29, 1.82) is 0 Å². The van der Waals surface area contributed by atoms with Gasteiger partial charge in [-0.3, -0.25) is 0 Å². The maximum atomic E-state index is 5.44. The van der Waals surface area contributed by atoms with Crippen molar-refractivity contribution in [3.63, 3.8) is 0 Å². The first-order valence-electron chi connectivity index (χ1n) is 8.55. The van der Waals surface area contributed by atoms with Gasteiger partial charge in [0.15, 0.2) is 5.11 Å². The minimum atomic E-state index is 0.273. The molecule has 0 radical (unpaired) electrons. The van der Waals surface area contributed by atoms with Crippen molar-refractivity contribution in [3.05, 3.63) is 58.4 Å². The van der Waals surface area contributed by atoms with Crippen molar-refractivity contribution in [2.45, 2.75) is 5.92 Å². The third-order valence-electron chi connectivity index (χ3n) is 4.26. The molecule has 4 nitrogen and oxygen atoms in total. The highest BCUT2D eigenvalue weighted by molar-refractivity contribution is 7.80. The third kappa shape index (κ3) is 4.60. The summed E-state index contributed by atoms with van der Waals surface area (Å²) in [4.78, 5) is 6.14. The molecule has 1 atom stereocenters. The Balaban J connectivity index is 1.72. The molecule has 3 rings (SSSR count). The fourth-order valence-electron chi connectivity index (χ4n) is 2.92. The Morgan fingerprint density at radius 2 is 2.04 bits per heavy atom. The van der Waals surface area contributed by atoms with Gasteiger partial charge in [0.1, 0.15) is 0 Å². The average Bonchev–Trinajstić information content (AvgIpc) is 3.25. The first kappa shape index (κ1) is 17.9. The van der Waals surface area contributed by atoms with Crippen LogP contribution in [0, 0.1) is 0 Å². The number of rotatable bonds is 7. The molecule has 0 aliphatic rings. The molecule has 0 amide bonds. The lowest BCUT2D eigenvalue weighted by atomic mass is 9.97. The SMILES string of the molecule is C[NH+](C)CCNC(=S)NC[C@@H](c1cccs1)c1c[nH]c2ccccc12. The summed E-state index contributed by atoms with van der Waals surface area (Å²) in [6.45, 7) is 2.70. The molecule has 0 saturated heterocycles. The second-order valence-electron chi connectivity index (χ2n) is 6.45. The monoisotopic (exact) mass is 373 g/mol. The summed E-state index contributed by atoms with van der Waals surface area (Å²) in [6, 6.07) is 12.8. The fourth-order valence-corrected chi connectivity index (χ4v) is 3.95. The van der Waals surface area contributed by atoms with Crippen LogP contribution in [0.25, 0.3) is 10.9 Å². The molecule has 0 saturated carbocycles. The molecule has 4 N–H and O–H groups in total. The second-order valence-corrected chi connectivity index (χ2v) is 7.84. The zero-order valence-corrected chi connectivity index (χ0v) is 16.3. The van der Waals surface area contributed by atoms with Crippen molar-refractivity contribution in [1.82, 2.24) is 15.6 Å². The van der Waals surface area contributed by atoms with E-state index in [1.807, 2.05) is 0 Å². The maximum absolute atomic E-state index is 5.44. The molecule has 2 heterocycles. The lowest BCUT2D eigenvalue weighted by Gasteiger charge is -2.18. The Bertz CT molecular complexity index is 808. The van der Waals surface area contributed by atoms with Crippen LogP contribution in [0.15, 0.2) is 48.0 Å². The summed E-state index contributed by atoms with van der Waals surface area (Å²) >= 11 is 7.23. The van der Waals surface area contributed by atoms with Crippen LogP contribution in [-0.2, 0) is 0 Å². The largest absolute Gasteiger partial charge is 0.362 e. The molecule has 0 fully saturated rings. The lowest BCUT2D eigenvalue weighted by Crippen LogP contribution is -3.06. The summed E-state index contributed by atoms with van der Waals surface area (Å²) in [5.74, 6) is 0.273. The van der Waals surface area contributed by atoms with Crippen LogP contribution in [0.5, 0.6) is 0 Å². The summed E-state index contributed by atoms with van der Waals surface area (Å²) in [6.07, 6.45) is 2.13. The minimum absolute atomic E-state index is 0.273. The Labute approximate surface area is 158 Å². The van der Waals surface area contributed by atoms with E-state index in [2.05, 4.69) is 77.7 Å². The standard InChI is InChI=1S/C19H24N4S2/c1-23(2)10-9-20-19(24)22-13-16(18-8-5-11-25-18)15-12-21-17-7-4-3-6-14(15)17/h3-8,11-12,16,21H,9-10,13H2,1-2H3,(H2,20,22,24)/p+1/t16-/m1/s1. The van der Waals surface area contributed by atoms with Crippen LogP contribution in [0.4, 0.5) is 0 Å². The number of likely N-dealkylation sites (N-methyl/N-ethyl adjacent to an activating group) is 1. The summed E-state index contributed by atoms with van der Waals surface area (Å²) in [5.41, 5.74) is 2.49. The van der Waals surface area contributed by atoms with Gasteiger partial charge in [-0.25, -0.2) is 0 Å². The van der Waals surface area contributed by atoms with Gasteiger partial charge in [0, 0.05) is 34.4 Å². The van der Waals surface area contributed by atoms with Crippen molar-refractivity contribution < 1.29 is 4.90 Å². The van der Waals surface area contributed by atoms with Crippen LogP contribution < -0.4 is 15.5 Å². The Hall–Kier alpha value is -1.89. The average molecular weight is 374 g/mol. The summed E-state index contributed by atoms with van der Waals surface area (Å²) in [7, 11) is 4.28. The number of para-hydroxylation sites is 1. The second kappa shape index (κ2) is 8.47. The number of aromatic amines is 1. The van der Waals surface area contributed by atoms with Crippen LogP contribution in [0.2, 0.25) is 0 Å². The van der Waals surface area contributed by atoms with E-state index < -0.39 is 0 Å². The highest BCUT2D eigenvalue weighted by Gasteiger charge is 2.19. The Kier molecular flexibility index (Phi) is 6.07. The van der Waals surface area contributed by atoms with Gasteiger partial charge >= 0.3 is 0 Å². The molecule has 6 heteroatoms. The lowest BCUT2D eigenvalue weighted by molar-refractivity contribution is -0.856. The van der Waals surface area contributed by atoms with Crippen molar-refractivity contribution in [2.24, 2.45) is 0 Å². The normalized spacial score (nSPS) is 12.4. The van der Waals surface area contributed by atoms with Gasteiger partial charge in [-0.15, -0.1) is 11.3 Å². The van der Waals surface area contributed by atoms with Crippen LogP contribution >= 0.6 is 23.6 Å². The predicted octanol–water partition coefficient (Wildman–Crippen LogP) is 1.97. The number of H-pyrrole nitrogens is 1. The number of fused-ring (bicyclic) bond motifs is 1. The number of aromatic nitrogens is 1. The molecule has 0 spiro atoms. The van der Waals surface area contributed by atoms with Gasteiger partial charge < -0.3 is 20.5 Å². The first-order valence-corrected chi connectivity index (χ1v) is 9.84. The molecule has 0 aliphatic carbocycles. The van der Waals surface area contributed by atoms with E-state index >= 15 is 0 Å². The van der Waals surface area contributed by atoms with E-state index in [1.165, 1.54) is 26.2 Å². The molecule has 2 aromatic heterocycles. The van der Waals surface area contributed by atoms with E-state index in [9.17, 15) is 0 Å². The molecule has 1 aromatic carbocycles. The number of benzene rings is 1. The third-order valence-corrected chi connectivity index (χ3v) is 5.54. The molecule has 132 valence electrons. The number of thiocarbonyl (C=S) groups is 1. The smallest absolute Gasteiger partial charge is 0.166 e. The van der Waals surface area contributed by atoms with Gasteiger partial charge in [-0.2, -0.15) is 0 Å². The van der Waals surface area contributed by atoms with Crippen molar-refractivity contribution in [3.8, 4) is 0 Å². The molecular weight excluding hydrogens is 348 g/mol. The Morgan fingerprint density at radius 3 is 2.80 bits per heavy atom. The minimum Gasteiger partial charge on any atom is -0.362 e. The highest BCUT2D eigenvalue weighted by atomic mass is 32.1. The predicted molar refractivity (Wildman–Crippen MR) is 111 cm³/mol. The van der Waals surface area contributed by atoms with Gasteiger partial charge in [0.2, 0.25) is 0 Å². The number of thiophene rings is 1. The molecule has 0 aliphatic heterocycles. The van der Waals surface area contributed by atoms with Crippen LogP contribution in [0.1, 0.15) is 16.4 Å². The van der Waals surface area contributed by atoms with Gasteiger partial charge in [-0.1, -0.05) is 24.3 Å². The van der Waals surface area contributed by atoms with Crippen LogP contribution in [-0.4, -0.2) is 43.8 Å². The summed E-state index contributed by atoms with van der Waals surface area (Å²) < 4.78 is 0.